The highest BCUT2D eigenvalue weighted by molar-refractivity contribution is 7.15. The lowest BCUT2D eigenvalue weighted by atomic mass is 10.0. The maximum atomic E-state index is 5.86. The Morgan fingerprint density at radius 2 is 2.32 bits per heavy atom. The first kappa shape index (κ1) is 15.8. The van der Waals surface area contributed by atoms with Crippen molar-refractivity contribution in [1.82, 2.24) is 9.88 Å². The Labute approximate surface area is 141 Å². The van der Waals surface area contributed by atoms with Gasteiger partial charge in [0.2, 0.25) is 0 Å². The summed E-state index contributed by atoms with van der Waals surface area (Å²) in [5, 5.41) is 3.46. The molecule has 1 aliphatic heterocycles. The van der Waals surface area contributed by atoms with Gasteiger partial charge in [-0.15, -0.1) is 11.3 Å². The molecule has 22 heavy (non-hydrogen) atoms. The SMILES string of the molecule is CC1CCCCN1Cc1cccc(NCc2cnc(Cl)s2)c1. The molecule has 2 aromatic rings. The largest absolute Gasteiger partial charge is 0.380 e. The monoisotopic (exact) mass is 335 g/mol. The van der Waals surface area contributed by atoms with Gasteiger partial charge in [-0.2, -0.15) is 0 Å². The second-order valence-corrected chi connectivity index (χ2v) is 7.65. The second-order valence-electron chi connectivity index (χ2n) is 5.95. The number of halogens is 1. The highest BCUT2D eigenvalue weighted by Gasteiger charge is 2.18. The molecule has 1 unspecified atom stereocenters. The van der Waals surface area contributed by atoms with Crippen LogP contribution in [-0.2, 0) is 13.1 Å². The van der Waals surface area contributed by atoms with Crippen LogP contribution in [0.4, 0.5) is 5.69 Å². The fourth-order valence-corrected chi connectivity index (χ4v) is 3.88. The zero-order valence-electron chi connectivity index (χ0n) is 12.9. The van der Waals surface area contributed by atoms with Crippen molar-refractivity contribution in [2.75, 3.05) is 11.9 Å². The number of rotatable bonds is 5. The standard InChI is InChI=1S/C17H22ClN3S/c1-13-5-2-3-8-21(13)12-14-6-4-7-15(9-14)19-10-16-11-20-17(18)22-16/h4,6-7,9,11,13,19H,2-3,5,8,10,12H2,1H3. The minimum absolute atomic E-state index is 0.602. The Bertz CT molecular complexity index is 613. The molecular weight excluding hydrogens is 314 g/mol. The van der Waals surface area contributed by atoms with E-state index in [0.29, 0.717) is 10.5 Å². The summed E-state index contributed by atoms with van der Waals surface area (Å²) in [6.45, 7) is 5.38. The van der Waals surface area contributed by atoms with Crippen LogP contribution in [0.1, 0.15) is 36.6 Å². The normalized spacial score (nSPS) is 19.3. The van der Waals surface area contributed by atoms with Crippen LogP contribution in [-0.4, -0.2) is 22.5 Å². The molecule has 2 heterocycles. The molecule has 1 saturated heterocycles. The average Bonchev–Trinajstić information content (AvgIpc) is 2.94. The lowest BCUT2D eigenvalue weighted by molar-refractivity contribution is 0.152. The zero-order chi connectivity index (χ0) is 15.4. The third-order valence-electron chi connectivity index (χ3n) is 4.25. The summed E-state index contributed by atoms with van der Waals surface area (Å²) in [5.41, 5.74) is 2.53. The van der Waals surface area contributed by atoms with E-state index in [1.807, 2.05) is 6.20 Å². The van der Waals surface area contributed by atoms with E-state index in [-0.39, 0.29) is 0 Å². The molecule has 3 rings (SSSR count). The number of nitrogens with zero attached hydrogens (tertiary/aromatic N) is 2. The molecule has 0 amide bonds. The maximum absolute atomic E-state index is 5.86. The average molecular weight is 336 g/mol. The molecule has 118 valence electrons. The number of nitrogens with one attached hydrogen (secondary N) is 1. The van der Waals surface area contributed by atoms with Crippen LogP contribution in [0.25, 0.3) is 0 Å². The van der Waals surface area contributed by atoms with Gasteiger partial charge in [0, 0.05) is 29.3 Å². The molecule has 1 aliphatic rings. The third-order valence-corrected chi connectivity index (χ3v) is 5.36. The van der Waals surface area contributed by atoms with E-state index in [2.05, 4.69) is 46.4 Å². The molecule has 1 N–H and O–H groups in total. The number of piperidine rings is 1. The molecule has 0 spiro atoms. The molecule has 3 nitrogen and oxygen atoms in total. The topological polar surface area (TPSA) is 28.2 Å². The maximum Gasteiger partial charge on any atom is 0.183 e. The Kier molecular flexibility index (Phi) is 5.34. The lowest BCUT2D eigenvalue weighted by Crippen LogP contribution is -2.36. The summed E-state index contributed by atoms with van der Waals surface area (Å²) in [6, 6.07) is 9.42. The fraction of sp³-hybridized carbons (Fsp3) is 0.471. The van der Waals surface area contributed by atoms with E-state index >= 15 is 0 Å². The van der Waals surface area contributed by atoms with Crippen LogP contribution >= 0.6 is 22.9 Å². The first-order valence-corrected chi connectivity index (χ1v) is 9.07. The fourth-order valence-electron chi connectivity index (χ4n) is 2.96. The van der Waals surface area contributed by atoms with Crippen molar-refractivity contribution >= 4 is 28.6 Å². The van der Waals surface area contributed by atoms with Gasteiger partial charge in [0.1, 0.15) is 0 Å². The van der Waals surface area contributed by atoms with Gasteiger partial charge in [0.15, 0.2) is 4.47 Å². The second kappa shape index (κ2) is 7.44. The van der Waals surface area contributed by atoms with E-state index in [1.54, 1.807) is 0 Å². The smallest absolute Gasteiger partial charge is 0.183 e. The van der Waals surface area contributed by atoms with Gasteiger partial charge >= 0.3 is 0 Å². The number of thiazole rings is 1. The summed E-state index contributed by atoms with van der Waals surface area (Å²) in [5.74, 6) is 0. The van der Waals surface area contributed by atoms with Crippen LogP contribution in [0.15, 0.2) is 30.5 Å². The number of aromatic nitrogens is 1. The first-order valence-electron chi connectivity index (χ1n) is 7.88. The molecule has 0 bridgehead atoms. The molecule has 1 aromatic heterocycles. The molecule has 0 aliphatic carbocycles. The highest BCUT2D eigenvalue weighted by atomic mass is 35.5. The van der Waals surface area contributed by atoms with Crippen molar-refractivity contribution in [3.05, 3.63) is 45.4 Å². The van der Waals surface area contributed by atoms with E-state index in [9.17, 15) is 0 Å². The zero-order valence-corrected chi connectivity index (χ0v) is 14.5. The minimum atomic E-state index is 0.602. The summed E-state index contributed by atoms with van der Waals surface area (Å²) >= 11 is 7.39. The summed E-state index contributed by atoms with van der Waals surface area (Å²) in [7, 11) is 0. The van der Waals surface area contributed by atoms with Crippen molar-refractivity contribution in [3.8, 4) is 0 Å². The number of hydrogen-bond acceptors (Lipinski definition) is 4. The Hall–Kier alpha value is -1.10. The van der Waals surface area contributed by atoms with Gasteiger partial charge in [-0.3, -0.25) is 4.90 Å². The van der Waals surface area contributed by atoms with Gasteiger partial charge in [-0.1, -0.05) is 30.2 Å². The number of benzene rings is 1. The number of hydrogen-bond donors (Lipinski definition) is 1. The quantitative estimate of drug-likeness (QED) is 0.852. The molecule has 0 radical (unpaired) electrons. The van der Waals surface area contributed by atoms with Crippen molar-refractivity contribution < 1.29 is 0 Å². The first-order chi connectivity index (χ1) is 10.7. The summed E-state index contributed by atoms with van der Waals surface area (Å²) < 4.78 is 0.602. The van der Waals surface area contributed by atoms with E-state index in [1.165, 1.54) is 42.7 Å². The molecular formula is C17H22ClN3S. The highest BCUT2D eigenvalue weighted by Crippen LogP contribution is 2.22. The Balaban J connectivity index is 1.59. The van der Waals surface area contributed by atoms with Crippen molar-refractivity contribution in [1.29, 1.82) is 0 Å². The summed E-state index contributed by atoms with van der Waals surface area (Å²) in [6.07, 6.45) is 5.86. The van der Waals surface area contributed by atoms with Gasteiger partial charge in [-0.05, 0) is 44.0 Å². The molecule has 1 atom stereocenters. The van der Waals surface area contributed by atoms with Gasteiger partial charge in [0.25, 0.3) is 0 Å². The Morgan fingerprint density at radius 1 is 1.41 bits per heavy atom. The van der Waals surface area contributed by atoms with Crippen molar-refractivity contribution in [2.45, 2.75) is 45.3 Å². The predicted octanol–water partition coefficient (Wildman–Crippen LogP) is 4.78. The number of likely N-dealkylation sites (tertiary alicyclic amines) is 1. The van der Waals surface area contributed by atoms with Crippen LogP contribution in [0.3, 0.4) is 0 Å². The Morgan fingerprint density at radius 3 is 3.09 bits per heavy atom. The van der Waals surface area contributed by atoms with Crippen molar-refractivity contribution in [2.24, 2.45) is 0 Å². The molecule has 5 heteroatoms. The predicted molar refractivity (Wildman–Crippen MR) is 94.6 cm³/mol. The third kappa shape index (κ3) is 4.22. The van der Waals surface area contributed by atoms with Crippen LogP contribution in [0.5, 0.6) is 0 Å². The van der Waals surface area contributed by atoms with Gasteiger partial charge in [-0.25, -0.2) is 4.98 Å². The minimum Gasteiger partial charge on any atom is -0.380 e. The van der Waals surface area contributed by atoms with E-state index in [4.69, 9.17) is 11.6 Å². The molecule has 1 fully saturated rings. The van der Waals surface area contributed by atoms with E-state index in [0.717, 1.165) is 23.7 Å². The number of anilines is 1. The lowest BCUT2D eigenvalue weighted by Gasteiger charge is -2.33. The van der Waals surface area contributed by atoms with E-state index < -0.39 is 0 Å². The summed E-state index contributed by atoms with van der Waals surface area (Å²) in [4.78, 5) is 7.81. The van der Waals surface area contributed by atoms with Crippen LogP contribution in [0, 0.1) is 0 Å². The van der Waals surface area contributed by atoms with Gasteiger partial charge < -0.3 is 5.32 Å². The van der Waals surface area contributed by atoms with Crippen LogP contribution in [0.2, 0.25) is 4.47 Å². The molecule has 1 aromatic carbocycles. The van der Waals surface area contributed by atoms with Gasteiger partial charge in [0.05, 0.1) is 6.54 Å². The van der Waals surface area contributed by atoms with Crippen LogP contribution < -0.4 is 5.32 Å². The van der Waals surface area contributed by atoms with Crippen molar-refractivity contribution in [3.63, 3.8) is 0 Å². The molecule has 0 saturated carbocycles.